The molecule has 0 aliphatic rings. The standard InChI is InChI=1S/C14H21NO4/c1-15-11(9-14(16)19-4)7-10-8-12(17-2)5-6-13(10)18-3/h5-6,8,11,15H,7,9H2,1-4H3. The fraction of sp³-hybridized carbons (Fsp3) is 0.500. The molecule has 1 N–H and O–H groups in total. The van der Waals surface area contributed by atoms with E-state index in [0.717, 1.165) is 17.1 Å². The molecular formula is C14H21NO4. The summed E-state index contributed by atoms with van der Waals surface area (Å²) in [6, 6.07) is 5.62. The molecule has 0 aromatic heterocycles. The number of carbonyl (C=O) groups excluding carboxylic acids is 1. The number of esters is 1. The van der Waals surface area contributed by atoms with E-state index in [9.17, 15) is 4.79 Å². The van der Waals surface area contributed by atoms with E-state index in [-0.39, 0.29) is 12.0 Å². The van der Waals surface area contributed by atoms with Gasteiger partial charge in [0.1, 0.15) is 11.5 Å². The van der Waals surface area contributed by atoms with Gasteiger partial charge in [-0.25, -0.2) is 0 Å². The molecule has 1 aromatic rings. The highest BCUT2D eigenvalue weighted by atomic mass is 16.5. The first-order chi connectivity index (χ1) is 9.14. The minimum atomic E-state index is -0.235. The first-order valence-corrected chi connectivity index (χ1v) is 6.09. The van der Waals surface area contributed by atoms with E-state index in [0.29, 0.717) is 12.8 Å². The second kappa shape index (κ2) is 7.63. The van der Waals surface area contributed by atoms with Crippen LogP contribution in [0.15, 0.2) is 18.2 Å². The number of carbonyl (C=O) groups is 1. The molecule has 0 radical (unpaired) electrons. The Bertz CT molecular complexity index is 420. The number of nitrogens with one attached hydrogen (secondary N) is 1. The molecule has 5 nitrogen and oxygen atoms in total. The Labute approximate surface area is 113 Å². The molecule has 0 spiro atoms. The van der Waals surface area contributed by atoms with E-state index in [1.807, 2.05) is 25.2 Å². The van der Waals surface area contributed by atoms with Crippen molar-refractivity contribution in [1.29, 1.82) is 0 Å². The van der Waals surface area contributed by atoms with Crippen LogP contribution in [0.5, 0.6) is 11.5 Å². The summed E-state index contributed by atoms with van der Waals surface area (Å²) < 4.78 is 15.2. The van der Waals surface area contributed by atoms with E-state index in [2.05, 4.69) is 10.1 Å². The molecular weight excluding hydrogens is 246 g/mol. The van der Waals surface area contributed by atoms with E-state index in [1.165, 1.54) is 7.11 Å². The summed E-state index contributed by atoms with van der Waals surface area (Å²) in [5.41, 5.74) is 0.991. The smallest absolute Gasteiger partial charge is 0.307 e. The number of methoxy groups -OCH3 is 3. The van der Waals surface area contributed by atoms with Gasteiger partial charge in [-0.3, -0.25) is 4.79 Å². The van der Waals surface area contributed by atoms with E-state index < -0.39 is 0 Å². The lowest BCUT2D eigenvalue weighted by Crippen LogP contribution is -2.30. The predicted molar refractivity (Wildman–Crippen MR) is 72.7 cm³/mol. The largest absolute Gasteiger partial charge is 0.497 e. The van der Waals surface area contributed by atoms with Crippen LogP contribution in [0.1, 0.15) is 12.0 Å². The molecule has 1 rings (SSSR count). The van der Waals surface area contributed by atoms with Crippen molar-refractivity contribution in [2.45, 2.75) is 18.9 Å². The minimum absolute atomic E-state index is 0.00606. The first kappa shape index (κ1) is 15.3. The third kappa shape index (κ3) is 4.44. The third-order valence-electron chi connectivity index (χ3n) is 3.00. The maximum absolute atomic E-state index is 11.3. The first-order valence-electron chi connectivity index (χ1n) is 6.09. The van der Waals surface area contributed by atoms with Crippen LogP contribution in [0.4, 0.5) is 0 Å². The minimum Gasteiger partial charge on any atom is -0.497 e. The highest BCUT2D eigenvalue weighted by Gasteiger charge is 2.16. The molecule has 19 heavy (non-hydrogen) atoms. The van der Waals surface area contributed by atoms with Crippen LogP contribution in [-0.4, -0.2) is 40.4 Å². The number of hydrogen-bond acceptors (Lipinski definition) is 5. The van der Waals surface area contributed by atoms with Gasteiger partial charge in [-0.1, -0.05) is 0 Å². The van der Waals surface area contributed by atoms with Crippen molar-refractivity contribution >= 4 is 5.97 Å². The molecule has 0 saturated heterocycles. The molecule has 0 heterocycles. The van der Waals surface area contributed by atoms with Gasteiger partial charge >= 0.3 is 5.97 Å². The molecule has 1 atom stereocenters. The van der Waals surface area contributed by atoms with Crippen molar-refractivity contribution in [2.24, 2.45) is 0 Å². The molecule has 5 heteroatoms. The van der Waals surface area contributed by atoms with Gasteiger partial charge in [0.2, 0.25) is 0 Å². The van der Waals surface area contributed by atoms with Crippen molar-refractivity contribution in [1.82, 2.24) is 5.32 Å². The maximum atomic E-state index is 11.3. The van der Waals surface area contributed by atoms with Gasteiger partial charge in [-0.15, -0.1) is 0 Å². The molecule has 1 unspecified atom stereocenters. The third-order valence-corrected chi connectivity index (χ3v) is 3.00. The van der Waals surface area contributed by atoms with Gasteiger partial charge in [0.25, 0.3) is 0 Å². The van der Waals surface area contributed by atoms with Gasteiger partial charge in [0.05, 0.1) is 27.8 Å². The lowest BCUT2D eigenvalue weighted by atomic mass is 10.0. The number of rotatable bonds is 7. The normalized spacial score (nSPS) is 11.8. The number of benzene rings is 1. The Hall–Kier alpha value is -1.75. The average Bonchev–Trinajstić information content (AvgIpc) is 2.45. The molecule has 0 fully saturated rings. The lowest BCUT2D eigenvalue weighted by Gasteiger charge is -2.17. The highest BCUT2D eigenvalue weighted by molar-refractivity contribution is 5.70. The Morgan fingerprint density at radius 1 is 1.26 bits per heavy atom. The lowest BCUT2D eigenvalue weighted by molar-refractivity contribution is -0.141. The van der Waals surface area contributed by atoms with Gasteiger partial charge in [-0.05, 0) is 37.2 Å². The van der Waals surface area contributed by atoms with E-state index >= 15 is 0 Å². The zero-order chi connectivity index (χ0) is 14.3. The monoisotopic (exact) mass is 267 g/mol. The quantitative estimate of drug-likeness (QED) is 0.757. The molecule has 0 amide bonds. The van der Waals surface area contributed by atoms with Crippen LogP contribution in [0.25, 0.3) is 0 Å². The van der Waals surface area contributed by atoms with Gasteiger partial charge in [-0.2, -0.15) is 0 Å². The van der Waals surface area contributed by atoms with Gasteiger partial charge in [0, 0.05) is 6.04 Å². The summed E-state index contributed by atoms with van der Waals surface area (Å²) in [5, 5.41) is 3.11. The summed E-state index contributed by atoms with van der Waals surface area (Å²) >= 11 is 0. The van der Waals surface area contributed by atoms with Crippen LogP contribution in [0, 0.1) is 0 Å². The number of likely N-dealkylation sites (N-methyl/N-ethyl adjacent to an activating group) is 1. The number of ether oxygens (including phenoxy) is 3. The molecule has 1 aromatic carbocycles. The number of hydrogen-bond donors (Lipinski definition) is 1. The van der Waals surface area contributed by atoms with Crippen LogP contribution in [0.2, 0.25) is 0 Å². The Balaban J connectivity index is 2.85. The second-order valence-corrected chi connectivity index (χ2v) is 4.15. The Morgan fingerprint density at radius 3 is 2.53 bits per heavy atom. The van der Waals surface area contributed by atoms with E-state index in [1.54, 1.807) is 14.2 Å². The molecule has 106 valence electrons. The van der Waals surface area contributed by atoms with Crippen LogP contribution in [-0.2, 0) is 16.0 Å². The van der Waals surface area contributed by atoms with Crippen LogP contribution < -0.4 is 14.8 Å². The fourth-order valence-electron chi connectivity index (χ4n) is 1.87. The average molecular weight is 267 g/mol. The second-order valence-electron chi connectivity index (χ2n) is 4.15. The highest BCUT2D eigenvalue weighted by Crippen LogP contribution is 2.25. The Kier molecular flexibility index (Phi) is 6.15. The van der Waals surface area contributed by atoms with Crippen molar-refractivity contribution in [3.05, 3.63) is 23.8 Å². The van der Waals surface area contributed by atoms with Gasteiger partial charge in [0.15, 0.2) is 0 Å². The zero-order valence-electron chi connectivity index (χ0n) is 11.9. The summed E-state index contributed by atoms with van der Waals surface area (Å²) in [6.45, 7) is 0. The van der Waals surface area contributed by atoms with Crippen molar-refractivity contribution in [3.63, 3.8) is 0 Å². The van der Waals surface area contributed by atoms with Crippen molar-refractivity contribution < 1.29 is 19.0 Å². The molecule has 0 saturated carbocycles. The maximum Gasteiger partial charge on any atom is 0.307 e. The summed E-state index contributed by atoms with van der Waals surface area (Å²) in [4.78, 5) is 11.3. The van der Waals surface area contributed by atoms with Crippen LogP contribution >= 0.6 is 0 Å². The Morgan fingerprint density at radius 2 is 2.00 bits per heavy atom. The van der Waals surface area contributed by atoms with E-state index in [4.69, 9.17) is 9.47 Å². The molecule has 0 aliphatic heterocycles. The van der Waals surface area contributed by atoms with Crippen molar-refractivity contribution in [3.8, 4) is 11.5 Å². The van der Waals surface area contributed by atoms with Gasteiger partial charge < -0.3 is 19.5 Å². The van der Waals surface area contributed by atoms with Crippen molar-refractivity contribution in [2.75, 3.05) is 28.4 Å². The summed E-state index contributed by atoms with van der Waals surface area (Å²) in [6.07, 6.45) is 0.972. The summed E-state index contributed by atoms with van der Waals surface area (Å²) in [5.74, 6) is 1.32. The van der Waals surface area contributed by atoms with Crippen LogP contribution in [0.3, 0.4) is 0 Å². The summed E-state index contributed by atoms with van der Waals surface area (Å²) in [7, 11) is 6.46. The molecule has 0 bridgehead atoms. The SMILES string of the molecule is CNC(CC(=O)OC)Cc1cc(OC)ccc1OC. The topological polar surface area (TPSA) is 56.8 Å². The molecule has 0 aliphatic carbocycles. The fourth-order valence-corrected chi connectivity index (χ4v) is 1.87. The predicted octanol–water partition coefficient (Wildman–Crippen LogP) is 1.40. The zero-order valence-corrected chi connectivity index (χ0v) is 11.9.